The number of aliphatic carboxylic acids is 1. The Morgan fingerprint density at radius 1 is 1.31 bits per heavy atom. The first-order chi connectivity index (χ1) is 12.5. The van der Waals surface area contributed by atoms with Gasteiger partial charge in [-0.15, -0.1) is 11.8 Å². The zero-order valence-corrected chi connectivity index (χ0v) is 15.4. The summed E-state index contributed by atoms with van der Waals surface area (Å²) in [5.41, 5.74) is 1.13. The summed E-state index contributed by atoms with van der Waals surface area (Å²) in [7, 11) is 0. The summed E-state index contributed by atoms with van der Waals surface area (Å²) in [5, 5.41) is 12.2. The highest BCUT2D eigenvalue weighted by atomic mass is 32.2. The number of aromatic nitrogens is 1. The number of halogens is 2. The topological polar surface area (TPSA) is 62.2 Å². The smallest absolute Gasteiger partial charge is 0.303 e. The number of carboxylic acids is 1. The molecule has 1 aromatic carbocycles. The molecule has 0 radical (unpaired) electrons. The molecule has 7 heteroatoms. The van der Waals surface area contributed by atoms with Crippen molar-refractivity contribution in [2.24, 2.45) is 0 Å². The van der Waals surface area contributed by atoms with Gasteiger partial charge in [0.15, 0.2) is 0 Å². The number of nitrogens with one attached hydrogen (secondary N) is 1. The monoisotopic (exact) mass is 380 g/mol. The predicted molar refractivity (Wildman–Crippen MR) is 99.2 cm³/mol. The van der Waals surface area contributed by atoms with Crippen LogP contribution in [0.4, 0.5) is 8.78 Å². The third-order valence-electron chi connectivity index (χ3n) is 3.71. The molecule has 0 aliphatic rings. The van der Waals surface area contributed by atoms with E-state index in [2.05, 4.69) is 17.2 Å². The standard InChI is InChI=1S/C19H22F2N2O2S/c1-2-9-26-19-14(5-3-8-23-19)13-10-16(20)15(17(21)11-13)12-22-7-4-6-18(24)25/h3,5,8,10-11,22H,2,4,6-7,9,12H2,1H3,(H,24,25). The molecule has 0 spiro atoms. The quantitative estimate of drug-likeness (QED) is 0.470. The van der Waals surface area contributed by atoms with E-state index in [0.717, 1.165) is 17.2 Å². The van der Waals surface area contributed by atoms with Gasteiger partial charge in [0.2, 0.25) is 0 Å². The third-order valence-corrected chi connectivity index (χ3v) is 4.92. The molecule has 0 amide bonds. The van der Waals surface area contributed by atoms with Gasteiger partial charge in [0.05, 0.1) is 0 Å². The SMILES string of the molecule is CCCSc1ncccc1-c1cc(F)c(CNCCCC(=O)O)c(F)c1. The molecule has 2 N–H and O–H groups in total. The minimum atomic E-state index is -0.887. The van der Waals surface area contributed by atoms with E-state index in [4.69, 9.17) is 5.11 Å². The Bertz CT molecular complexity index is 733. The summed E-state index contributed by atoms with van der Waals surface area (Å²) in [4.78, 5) is 14.8. The van der Waals surface area contributed by atoms with Gasteiger partial charge in [-0.05, 0) is 48.9 Å². The molecule has 0 unspecified atom stereocenters. The van der Waals surface area contributed by atoms with E-state index in [0.29, 0.717) is 24.1 Å². The van der Waals surface area contributed by atoms with Gasteiger partial charge in [0.25, 0.3) is 0 Å². The first-order valence-electron chi connectivity index (χ1n) is 8.51. The molecular formula is C19H22F2N2O2S. The number of pyridine rings is 1. The lowest BCUT2D eigenvalue weighted by Crippen LogP contribution is -2.17. The molecule has 4 nitrogen and oxygen atoms in total. The molecule has 0 atom stereocenters. The zero-order chi connectivity index (χ0) is 18.9. The van der Waals surface area contributed by atoms with E-state index in [1.807, 2.05) is 6.07 Å². The summed E-state index contributed by atoms with van der Waals surface area (Å²) in [6.07, 6.45) is 3.08. The maximum Gasteiger partial charge on any atom is 0.303 e. The van der Waals surface area contributed by atoms with Crippen LogP contribution in [0.15, 0.2) is 35.5 Å². The van der Waals surface area contributed by atoms with Crippen molar-refractivity contribution in [2.75, 3.05) is 12.3 Å². The lowest BCUT2D eigenvalue weighted by Gasteiger charge is -2.12. The molecule has 0 bridgehead atoms. The van der Waals surface area contributed by atoms with Crippen LogP contribution >= 0.6 is 11.8 Å². The van der Waals surface area contributed by atoms with Crippen molar-refractivity contribution in [3.63, 3.8) is 0 Å². The molecule has 0 aliphatic heterocycles. The van der Waals surface area contributed by atoms with Gasteiger partial charge in [-0.3, -0.25) is 4.79 Å². The van der Waals surface area contributed by atoms with Crippen molar-refractivity contribution in [3.05, 3.63) is 47.7 Å². The van der Waals surface area contributed by atoms with Crippen LogP contribution in [-0.2, 0) is 11.3 Å². The fraction of sp³-hybridized carbons (Fsp3) is 0.368. The Labute approximate surface area is 156 Å². The first-order valence-corrected chi connectivity index (χ1v) is 9.50. The molecule has 140 valence electrons. The van der Waals surface area contributed by atoms with Gasteiger partial charge in [0.1, 0.15) is 16.7 Å². The van der Waals surface area contributed by atoms with Gasteiger partial charge < -0.3 is 10.4 Å². The van der Waals surface area contributed by atoms with Gasteiger partial charge in [-0.25, -0.2) is 13.8 Å². The summed E-state index contributed by atoms with van der Waals surface area (Å²) < 4.78 is 28.8. The average Bonchev–Trinajstić information content (AvgIpc) is 2.61. The minimum absolute atomic E-state index is 0.0159. The highest BCUT2D eigenvalue weighted by molar-refractivity contribution is 7.99. The van der Waals surface area contributed by atoms with Crippen LogP contribution in [0.5, 0.6) is 0 Å². The lowest BCUT2D eigenvalue weighted by molar-refractivity contribution is -0.137. The van der Waals surface area contributed by atoms with Crippen LogP contribution in [0, 0.1) is 11.6 Å². The van der Waals surface area contributed by atoms with Crippen LogP contribution in [0.2, 0.25) is 0 Å². The van der Waals surface area contributed by atoms with Crippen molar-refractivity contribution in [2.45, 2.75) is 37.8 Å². The number of hydrogen-bond acceptors (Lipinski definition) is 4. The minimum Gasteiger partial charge on any atom is -0.481 e. The van der Waals surface area contributed by atoms with Crippen molar-refractivity contribution in [1.29, 1.82) is 0 Å². The van der Waals surface area contributed by atoms with E-state index in [1.54, 1.807) is 24.0 Å². The summed E-state index contributed by atoms with van der Waals surface area (Å²) >= 11 is 1.56. The molecule has 0 saturated carbocycles. The lowest BCUT2D eigenvalue weighted by atomic mass is 10.0. The van der Waals surface area contributed by atoms with Crippen molar-refractivity contribution < 1.29 is 18.7 Å². The van der Waals surface area contributed by atoms with Crippen molar-refractivity contribution >= 4 is 17.7 Å². The number of thioether (sulfide) groups is 1. The van der Waals surface area contributed by atoms with Gasteiger partial charge >= 0.3 is 5.97 Å². The second kappa shape index (κ2) is 10.2. The molecule has 0 aliphatic carbocycles. The second-order valence-electron chi connectivity index (χ2n) is 5.80. The molecule has 1 aromatic heterocycles. The Morgan fingerprint density at radius 2 is 2.04 bits per heavy atom. The predicted octanol–water partition coefficient (Wildman–Crippen LogP) is 4.48. The maximum absolute atomic E-state index is 14.4. The molecule has 0 fully saturated rings. The maximum atomic E-state index is 14.4. The summed E-state index contributed by atoms with van der Waals surface area (Å²) in [6, 6.07) is 6.21. The van der Waals surface area contributed by atoms with E-state index < -0.39 is 17.6 Å². The average molecular weight is 380 g/mol. The zero-order valence-electron chi connectivity index (χ0n) is 14.6. The molecule has 2 aromatic rings. The highest BCUT2D eigenvalue weighted by Crippen LogP contribution is 2.31. The second-order valence-corrected chi connectivity index (χ2v) is 6.88. The largest absolute Gasteiger partial charge is 0.481 e. The summed E-state index contributed by atoms with van der Waals surface area (Å²) in [5.74, 6) is -1.25. The van der Waals surface area contributed by atoms with Crippen LogP contribution in [-0.4, -0.2) is 28.4 Å². The van der Waals surface area contributed by atoms with Crippen LogP contribution < -0.4 is 5.32 Å². The van der Waals surface area contributed by atoms with E-state index >= 15 is 0 Å². The van der Waals surface area contributed by atoms with Crippen LogP contribution in [0.25, 0.3) is 11.1 Å². The summed E-state index contributed by atoms with van der Waals surface area (Å²) in [6.45, 7) is 2.46. The van der Waals surface area contributed by atoms with E-state index in [9.17, 15) is 13.6 Å². The van der Waals surface area contributed by atoms with Gasteiger partial charge in [-0.2, -0.15) is 0 Å². The number of carboxylic acid groups (broad SMARTS) is 1. The fourth-order valence-corrected chi connectivity index (χ4v) is 3.30. The van der Waals surface area contributed by atoms with Crippen LogP contribution in [0.3, 0.4) is 0 Å². The Balaban J connectivity index is 2.13. The number of nitrogens with zero attached hydrogens (tertiary/aromatic N) is 1. The van der Waals surface area contributed by atoms with E-state index in [1.165, 1.54) is 12.1 Å². The molecular weight excluding hydrogens is 358 g/mol. The Morgan fingerprint density at radius 3 is 2.69 bits per heavy atom. The normalized spacial score (nSPS) is 10.9. The van der Waals surface area contributed by atoms with Crippen molar-refractivity contribution in [3.8, 4) is 11.1 Å². The van der Waals surface area contributed by atoms with Gasteiger partial charge in [-0.1, -0.05) is 13.0 Å². The fourth-order valence-electron chi connectivity index (χ4n) is 2.43. The third kappa shape index (κ3) is 5.78. The highest BCUT2D eigenvalue weighted by Gasteiger charge is 2.14. The Hall–Kier alpha value is -1.99. The molecule has 2 rings (SSSR count). The van der Waals surface area contributed by atoms with Crippen molar-refractivity contribution in [1.82, 2.24) is 10.3 Å². The molecule has 1 heterocycles. The number of carbonyl (C=O) groups is 1. The first kappa shape index (κ1) is 20.3. The number of benzene rings is 1. The van der Waals surface area contributed by atoms with Crippen LogP contribution in [0.1, 0.15) is 31.7 Å². The van der Waals surface area contributed by atoms with Gasteiger partial charge in [0, 0.05) is 30.3 Å². The number of rotatable bonds is 10. The number of hydrogen-bond donors (Lipinski definition) is 2. The van der Waals surface area contributed by atoms with E-state index in [-0.39, 0.29) is 18.5 Å². The molecule has 26 heavy (non-hydrogen) atoms. The Kier molecular flexibility index (Phi) is 8.00. The molecule has 0 saturated heterocycles.